The van der Waals surface area contributed by atoms with Gasteiger partial charge in [0.25, 0.3) is 0 Å². The zero-order valence-corrected chi connectivity index (χ0v) is 7.87. The summed E-state index contributed by atoms with van der Waals surface area (Å²) in [5.41, 5.74) is 2.07. The highest BCUT2D eigenvalue weighted by molar-refractivity contribution is 6.20. The predicted octanol–water partition coefficient (Wildman–Crippen LogP) is 2.28. The van der Waals surface area contributed by atoms with Gasteiger partial charge in [0, 0.05) is 5.88 Å². The summed E-state index contributed by atoms with van der Waals surface area (Å²) < 4.78 is 0. The third-order valence-corrected chi connectivity index (χ3v) is 2.45. The molecule has 0 saturated heterocycles. The zero-order valence-electron chi connectivity index (χ0n) is 7.11. The molecule has 1 atom stereocenters. The minimum Gasteiger partial charge on any atom is -0.395 e. The lowest BCUT2D eigenvalue weighted by Crippen LogP contribution is -2.15. The normalized spacial score (nSPS) is 21.0. The van der Waals surface area contributed by atoms with Gasteiger partial charge in [0.05, 0.1) is 11.6 Å². The fraction of sp³-hybridized carbons (Fsp3) is 0.300. The summed E-state index contributed by atoms with van der Waals surface area (Å²) in [4.78, 5) is 5.02. The highest BCUT2D eigenvalue weighted by Crippen LogP contribution is 2.17. The van der Waals surface area contributed by atoms with Gasteiger partial charge in [-0.05, 0) is 5.56 Å². The maximum Gasteiger partial charge on any atom is 0.126 e. The van der Waals surface area contributed by atoms with Crippen LogP contribution in [0.4, 0.5) is 0 Å². The first-order chi connectivity index (χ1) is 6.42. The van der Waals surface area contributed by atoms with E-state index in [0.717, 1.165) is 11.3 Å². The van der Waals surface area contributed by atoms with Gasteiger partial charge in [-0.1, -0.05) is 35.5 Å². The monoisotopic (exact) mass is 195 g/mol. The lowest BCUT2D eigenvalue weighted by molar-refractivity contribution is 0.158. The summed E-state index contributed by atoms with van der Waals surface area (Å²) in [6.07, 6.45) is 0. The predicted molar refractivity (Wildman–Crippen MR) is 53.1 cm³/mol. The number of alkyl halides is 1. The molecule has 1 aromatic carbocycles. The number of rotatable bonds is 2. The first-order valence-corrected chi connectivity index (χ1v) is 4.76. The van der Waals surface area contributed by atoms with E-state index in [1.54, 1.807) is 0 Å². The summed E-state index contributed by atoms with van der Waals surface area (Å²) in [6.45, 7) is 0.605. The standard InChI is InChI=1S/C10H10ClNO/c11-6-9-7-13-12-10(9)8-4-2-1-3-5-8/h1-5,9H,6-7H2. The Morgan fingerprint density at radius 1 is 1.38 bits per heavy atom. The second kappa shape index (κ2) is 3.79. The third-order valence-electron chi connectivity index (χ3n) is 2.08. The second-order valence-electron chi connectivity index (χ2n) is 2.99. The fourth-order valence-electron chi connectivity index (χ4n) is 1.37. The van der Waals surface area contributed by atoms with Crippen LogP contribution in [-0.4, -0.2) is 18.2 Å². The Morgan fingerprint density at radius 3 is 2.85 bits per heavy atom. The van der Waals surface area contributed by atoms with E-state index >= 15 is 0 Å². The van der Waals surface area contributed by atoms with Gasteiger partial charge in [0.15, 0.2) is 0 Å². The summed E-state index contributed by atoms with van der Waals surface area (Å²) in [7, 11) is 0. The van der Waals surface area contributed by atoms with Crippen LogP contribution in [0.15, 0.2) is 35.5 Å². The zero-order chi connectivity index (χ0) is 9.10. The van der Waals surface area contributed by atoms with E-state index in [4.69, 9.17) is 16.4 Å². The van der Waals surface area contributed by atoms with E-state index in [-0.39, 0.29) is 5.92 Å². The number of hydrogen-bond donors (Lipinski definition) is 0. The quantitative estimate of drug-likeness (QED) is 0.664. The average Bonchev–Trinajstić information content (AvgIpc) is 2.67. The van der Waals surface area contributed by atoms with Crippen LogP contribution < -0.4 is 0 Å². The van der Waals surface area contributed by atoms with Gasteiger partial charge < -0.3 is 4.84 Å². The maximum atomic E-state index is 5.79. The van der Waals surface area contributed by atoms with Crippen LogP contribution in [0.25, 0.3) is 0 Å². The number of oxime groups is 1. The van der Waals surface area contributed by atoms with E-state index in [1.807, 2.05) is 30.3 Å². The molecule has 1 aliphatic rings. The molecule has 3 heteroatoms. The van der Waals surface area contributed by atoms with Crippen LogP contribution in [0, 0.1) is 5.92 Å². The Labute approximate surface area is 82.2 Å². The summed E-state index contributed by atoms with van der Waals surface area (Å²) in [6, 6.07) is 10.00. The molecule has 0 radical (unpaired) electrons. The Hall–Kier alpha value is -1.02. The number of halogens is 1. The van der Waals surface area contributed by atoms with Crippen LogP contribution >= 0.6 is 11.6 Å². The van der Waals surface area contributed by atoms with Crippen molar-refractivity contribution >= 4 is 17.3 Å². The van der Waals surface area contributed by atoms with Crippen molar-refractivity contribution in [1.82, 2.24) is 0 Å². The molecule has 1 aromatic rings. The molecule has 1 heterocycles. The van der Waals surface area contributed by atoms with Crippen molar-refractivity contribution in [1.29, 1.82) is 0 Å². The molecule has 1 unspecified atom stereocenters. The van der Waals surface area contributed by atoms with Gasteiger partial charge >= 0.3 is 0 Å². The minimum atomic E-state index is 0.240. The fourth-order valence-corrected chi connectivity index (χ4v) is 1.60. The average molecular weight is 196 g/mol. The highest BCUT2D eigenvalue weighted by atomic mass is 35.5. The number of nitrogens with zero attached hydrogens (tertiary/aromatic N) is 1. The van der Waals surface area contributed by atoms with E-state index < -0.39 is 0 Å². The Kier molecular flexibility index (Phi) is 2.50. The summed E-state index contributed by atoms with van der Waals surface area (Å²) in [5, 5.41) is 3.99. The van der Waals surface area contributed by atoms with Gasteiger partial charge in [-0.25, -0.2) is 0 Å². The maximum absolute atomic E-state index is 5.79. The van der Waals surface area contributed by atoms with Crippen molar-refractivity contribution in [2.24, 2.45) is 11.1 Å². The molecule has 0 fully saturated rings. The number of hydrogen-bond acceptors (Lipinski definition) is 2. The topological polar surface area (TPSA) is 21.6 Å². The van der Waals surface area contributed by atoms with Gasteiger partial charge in [0.2, 0.25) is 0 Å². The minimum absolute atomic E-state index is 0.240. The molecule has 0 aliphatic carbocycles. The van der Waals surface area contributed by atoms with E-state index in [0.29, 0.717) is 12.5 Å². The largest absolute Gasteiger partial charge is 0.395 e. The first-order valence-electron chi connectivity index (χ1n) is 4.23. The number of benzene rings is 1. The van der Waals surface area contributed by atoms with Gasteiger partial charge in [-0.2, -0.15) is 0 Å². The second-order valence-corrected chi connectivity index (χ2v) is 3.30. The van der Waals surface area contributed by atoms with Crippen molar-refractivity contribution in [2.75, 3.05) is 12.5 Å². The Bertz CT molecular complexity index is 310. The van der Waals surface area contributed by atoms with Crippen molar-refractivity contribution in [2.45, 2.75) is 0 Å². The lowest BCUT2D eigenvalue weighted by Gasteiger charge is -2.05. The molecule has 0 aromatic heterocycles. The van der Waals surface area contributed by atoms with Crippen molar-refractivity contribution in [3.05, 3.63) is 35.9 Å². The molecular formula is C10H10ClNO. The summed E-state index contributed by atoms with van der Waals surface area (Å²) >= 11 is 5.79. The first kappa shape index (κ1) is 8.57. The van der Waals surface area contributed by atoms with Crippen molar-refractivity contribution in [3.8, 4) is 0 Å². The molecule has 0 bridgehead atoms. The van der Waals surface area contributed by atoms with Crippen molar-refractivity contribution in [3.63, 3.8) is 0 Å². The molecule has 13 heavy (non-hydrogen) atoms. The Morgan fingerprint density at radius 2 is 2.15 bits per heavy atom. The van der Waals surface area contributed by atoms with Crippen LogP contribution in [0.5, 0.6) is 0 Å². The molecule has 0 spiro atoms. The molecule has 1 aliphatic heterocycles. The van der Waals surface area contributed by atoms with Gasteiger partial charge in [-0.3, -0.25) is 0 Å². The smallest absolute Gasteiger partial charge is 0.126 e. The lowest BCUT2D eigenvalue weighted by atomic mass is 10.00. The van der Waals surface area contributed by atoms with Crippen LogP contribution in [0.3, 0.4) is 0 Å². The third kappa shape index (κ3) is 1.68. The molecular weight excluding hydrogens is 186 g/mol. The van der Waals surface area contributed by atoms with Crippen LogP contribution in [0.1, 0.15) is 5.56 Å². The van der Waals surface area contributed by atoms with Crippen molar-refractivity contribution < 1.29 is 4.84 Å². The van der Waals surface area contributed by atoms with E-state index in [1.165, 1.54) is 0 Å². The van der Waals surface area contributed by atoms with Gasteiger partial charge in [0.1, 0.15) is 6.61 Å². The molecule has 2 rings (SSSR count). The molecule has 0 saturated carbocycles. The Balaban J connectivity index is 2.26. The molecule has 0 amide bonds. The summed E-state index contributed by atoms with van der Waals surface area (Å²) in [5.74, 6) is 0.803. The van der Waals surface area contributed by atoms with Crippen LogP contribution in [0.2, 0.25) is 0 Å². The molecule has 2 nitrogen and oxygen atoms in total. The van der Waals surface area contributed by atoms with E-state index in [9.17, 15) is 0 Å². The molecule has 0 N–H and O–H groups in total. The van der Waals surface area contributed by atoms with E-state index in [2.05, 4.69) is 5.16 Å². The van der Waals surface area contributed by atoms with Gasteiger partial charge in [-0.15, -0.1) is 11.6 Å². The molecule has 68 valence electrons. The van der Waals surface area contributed by atoms with Crippen LogP contribution in [-0.2, 0) is 4.84 Å². The highest BCUT2D eigenvalue weighted by Gasteiger charge is 2.23. The SMILES string of the molecule is ClCC1CON=C1c1ccccc1.